The van der Waals surface area contributed by atoms with Crippen molar-refractivity contribution in [3.8, 4) is 0 Å². The SMILES string of the molecule is Cc1ccc(C(=O)N2CC3CN(c4ccc5nnc(C)n5n4)CC3C2)s1. The quantitative estimate of drug-likeness (QED) is 0.692. The smallest absolute Gasteiger partial charge is 0.263 e. The van der Waals surface area contributed by atoms with E-state index in [-0.39, 0.29) is 5.91 Å². The van der Waals surface area contributed by atoms with Crippen LogP contribution in [-0.4, -0.2) is 56.8 Å². The summed E-state index contributed by atoms with van der Waals surface area (Å²) in [4.78, 5) is 19.1. The van der Waals surface area contributed by atoms with Crippen LogP contribution in [-0.2, 0) is 0 Å². The molecule has 5 rings (SSSR count). The van der Waals surface area contributed by atoms with Gasteiger partial charge in [-0.3, -0.25) is 4.79 Å². The molecular weight excluding hydrogens is 348 g/mol. The van der Waals surface area contributed by atoms with Gasteiger partial charge in [0.2, 0.25) is 0 Å². The molecule has 5 heterocycles. The van der Waals surface area contributed by atoms with Crippen LogP contribution in [0.1, 0.15) is 20.4 Å². The van der Waals surface area contributed by atoms with Gasteiger partial charge in [0.25, 0.3) is 5.91 Å². The summed E-state index contributed by atoms with van der Waals surface area (Å²) in [5, 5.41) is 12.8. The van der Waals surface area contributed by atoms with Gasteiger partial charge in [-0.2, -0.15) is 4.52 Å². The van der Waals surface area contributed by atoms with E-state index in [1.165, 1.54) is 4.88 Å². The number of aromatic nitrogens is 4. The minimum atomic E-state index is 0.184. The molecule has 3 aromatic rings. The van der Waals surface area contributed by atoms with Crippen LogP contribution in [0.5, 0.6) is 0 Å². The van der Waals surface area contributed by atoms with Gasteiger partial charge in [0, 0.05) is 42.9 Å². The summed E-state index contributed by atoms with van der Waals surface area (Å²) in [7, 11) is 0. The van der Waals surface area contributed by atoms with Crippen LogP contribution >= 0.6 is 11.3 Å². The Kier molecular flexibility index (Phi) is 3.49. The molecule has 1 amide bonds. The molecule has 0 spiro atoms. The standard InChI is InChI=1S/C18H20N6OS/c1-11-3-4-15(26-11)18(25)23-9-13-7-22(8-14(13)10-23)17-6-5-16-20-19-12(2)24(16)21-17/h3-6,13-14H,7-10H2,1-2H3. The number of thiophene rings is 1. The molecule has 0 aliphatic carbocycles. The molecule has 0 saturated carbocycles. The molecule has 2 unspecified atom stereocenters. The van der Waals surface area contributed by atoms with E-state index in [1.54, 1.807) is 15.9 Å². The lowest BCUT2D eigenvalue weighted by atomic mass is 10.0. The zero-order valence-electron chi connectivity index (χ0n) is 14.8. The third-order valence-corrected chi connectivity index (χ3v) is 6.44. The van der Waals surface area contributed by atoms with Crippen LogP contribution in [0.15, 0.2) is 24.3 Å². The predicted molar refractivity (Wildman–Crippen MR) is 99.7 cm³/mol. The van der Waals surface area contributed by atoms with Gasteiger partial charge in [-0.15, -0.1) is 26.6 Å². The molecule has 0 aromatic carbocycles. The molecule has 7 nitrogen and oxygen atoms in total. The molecule has 26 heavy (non-hydrogen) atoms. The van der Waals surface area contributed by atoms with Gasteiger partial charge in [0.05, 0.1) is 4.88 Å². The number of carbonyl (C=O) groups is 1. The third-order valence-electron chi connectivity index (χ3n) is 5.45. The lowest BCUT2D eigenvalue weighted by Crippen LogP contribution is -2.33. The van der Waals surface area contributed by atoms with E-state index < -0.39 is 0 Å². The van der Waals surface area contributed by atoms with Crippen molar-refractivity contribution in [2.24, 2.45) is 11.8 Å². The van der Waals surface area contributed by atoms with E-state index in [2.05, 4.69) is 20.2 Å². The summed E-state index contributed by atoms with van der Waals surface area (Å²) in [5.74, 6) is 2.97. The number of nitrogens with zero attached hydrogens (tertiary/aromatic N) is 6. The van der Waals surface area contributed by atoms with Crippen molar-refractivity contribution in [1.29, 1.82) is 0 Å². The predicted octanol–water partition coefficient (Wildman–Crippen LogP) is 2.01. The van der Waals surface area contributed by atoms with Crippen LogP contribution in [0.2, 0.25) is 0 Å². The van der Waals surface area contributed by atoms with Gasteiger partial charge in [-0.05, 0) is 38.1 Å². The fraction of sp³-hybridized carbons (Fsp3) is 0.444. The average molecular weight is 368 g/mol. The van der Waals surface area contributed by atoms with Crippen molar-refractivity contribution < 1.29 is 4.79 Å². The Hall–Kier alpha value is -2.48. The first-order valence-electron chi connectivity index (χ1n) is 8.88. The fourth-order valence-electron chi connectivity index (χ4n) is 4.11. The Morgan fingerprint density at radius 1 is 1.04 bits per heavy atom. The summed E-state index contributed by atoms with van der Waals surface area (Å²) >= 11 is 1.59. The van der Waals surface area contributed by atoms with Crippen molar-refractivity contribution in [3.05, 3.63) is 39.8 Å². The molecule has 2 fully saturated rings. The monoisotopic (exact) mass is 368 g/mol. The second-order valence-electron chi connectivity index (χ2n) is 7.25. The molecule has 2 aliphatic heterocycles. The van der Waals surface area contributed by atoms with Crippen molar-refractivity contribution in [3.63, 3.8) is 0 Å². The van der Waals surface area contributed by atoms with Crippen LogP contribution in [0.25, 0.3) is 5.65 Å². The van der Waals surface area contributed by atoms with Crippen LogP contribution in [0.3, 0.4) is 0 Å². The molecule has 8 heteroatoms. The van der Waals surface area contributed by atoms with E-state index >= 15 is 0 Å². The first kappa shape index (κ1) is 15.7. The molecule has 2 aliphatic rings. The van der Waals surface area contributed by atoms with E-state index in [1.807, 2.05) is 43.0 Å². The highest BCUT2D eigenvalue weighted by Crippen LogP contribution is 2.34. The van der Waals surface area contributed by atoms with Gasteiger partial charge >= 0.3 is 0 Å². The van der Waals surface area contributed by atoms with Crippen molar-refractivity contribution >= 4 is 28.7 Å². The number of fused-ring (bicyclic) bond motifs is 2. The van der Waals surface area contributed by atoms with Crippen LogP contribution < -0.4 is 4.90 Å². The van der Waals surface area contributed by atoms with Crippen LogP contribution in [0.4, 0.5) is 5.82 Å². The highest BCUT2D eigenvalue weighted by atomic mass is 32.1. The third kappa shape index (κ3) is 2.47. The molecule has 3 aromatic heterocycles. The van der Waals surface area contributed by atoms with Crippen molar-refractivity contribution in [2.75, 3.05) is 31.1 Å². The summed E-state index contributed by atoms with van der Waals surface area (Å²) in [6, 6.07) is 7.95. The number of hydrogen-bond acceptors (Lipinski definition) is 6. The maximum absolute atomic E-state index is 12.7. The van der Waals surface area contributed by atoms with Crippen molar-refractivity contribution in [2.45, 2.75) is 13.8 Å². The number of aryl methyl sites for hydroxylation is 2. The number of amides is 1. The largest absolute Gasteiger partial charge is 0.354 e. The molecule has 2 atom stereocenters. The summed E-state index contributed by atoms with van der Waals surface area (Å²) in [5.41, 5.74) is 0.772. The maximum atomic E-state index is 12.7. The van der Waals surface area contributed by atoms with Gasteiger partial charge < -0.3 is 9.80 Å². The van der Waals surface area contributed by atoms with Crippen LogP contribution in [0, 0.1) is 25.7 Å². The topological polar surface area (TPSA) is 66.6 Å². The summed E-state index contributed by atoms with van der Waals surface area (Å²) in [6.45, 7) is 7.51. The Balaban J connectivity index is 1.30. The summed E-state index contributed by atoms with van der Waals surface area (Å²) in [6.07, 6.45) is 0. The van der Waals surface area contributed by atoms with Gasteiger partial charge in [-0.1, -0.05) is 0 Å². The number of carbonyl (C=O) groups excluding carboxylic acids is 1. The molecular formula is C18H20N6OS. The molecule has 0 radical (unpaired) electrons. The summed E-state index contributed by atoms with van der Waals surface area (Å²) < 4.78 is 1.79. The molecule has 2 saturated heterocycles. The number of rotatable bonds is 2. The number of hydrogen-bond donors (Lipinski definition) is 0. The molecule has 0 N–H and O–H groups in total. The highest BCUT2D eigenvalue weighted by molar-refractivity contribution is 7.13. The zero-order valence-corrected chi connectivity index (χ0v) is 15.6. The van der Waals surface area contributed by atoms with E-state index in [9.17, 15) is 4.79 Å². The Morgan fingerprint density at radius 3 is 2.50 bits per heavy atom. The average Bonchev–Trinajstić information content (AvgIpc) is 3.37. The van der Waals surface area contributed by atoms with Gasteiger partial charge in [-0.25, -0.2) is 0 Å². The highest BCUT2D eigenvalue weighted by Gasteiger charge is 2.42. The number of likely N-dealkylation sites (tertiary alicyclic amines) is 1. The van der Waals surface area contributed by atoms with E-state index in [4.69, 9.17) is 0 Å². The lowest BCUT2D eigenvalue weighted by Gasteiger charge is -2.22. The Morgan fingerprint density at radius 2 is 1.81 bits per heavy atom. The van der Waals surface area contributed by atoms with Gasteiger partial charge in [0.1, 0.15) is 5.82 Å². The number of anilines is 1. The molecule has 0 bridgehead atoms. The maximum Gasteiger partial charge on any atom is 0.263 e. The minimum absolute atomic E-state index is 0.184. The minimum Gasteiger partial charge on any atom is -0.354 e. The lowest BCUT2D eigenvalue weighted by molar-refractivity contribution is 0.0787. The van der Waals surface area contributed by atoms with Crippen molar-refractivity contribution in [1.82, 2.24) is 24.7 Å². The van der Waals surface area contributed by atoms with Gasteiger partial charge in [0.15, 0.2) is 11.5 Å². The Labute approximate surface area is 155 Å². The second kappa shape index (κ2) is 5.77. The Bertz CT molecular complexity index is 981. The zero-order chi connectivity index (χ0) is 17.8. The first-order valence-corrected chi connectivity index (χ1v) is 9.70. The fourth-order valence-corrected chi connectivity index (χ4v) is 4.94. The molecule has 134 valence electrons. The first-order chi connectivity index (χ1) is 12.6. The normalized spacial score (nSPS) is 22.4. The second-order valence-corrected chi connectivity index (χ2v) is 8.54. The van der Waals surface area contributed by atoms with E-state index in [0.29, 0.717) is 11.8 Å². The van der Waals surface area contributed by atoms with E-state index in [0.717, 1.165) is 48.3 Å².